The maximum Gasteiger partial charge on any atom is 0.141 e. The quantitative estimate of drug-likeness (QED) is 0.363. The number of hydrogen-bond acceptors (Lipinski definition) is 7. The molecule has 3 aromatic heterocycles. The molecule has 1 aliphatic heterocycles. The molecule has 39 heavy (non-hydrogen) atoms. The van der Waals surface area contributed by atoms with Crippen LogP contribution in [0.3, 0.4) is 0 Å². The fraction of sp³-hybridized carbons (Fsp3) is 0.448. The fourth-order valence-electron chi connectivity index (χ4n) is 6.14. The Morgan fingerprint density at radius 3 is 2.79 bits per heavy atom. The highest BCUT2D eigenvalue weighted by Crippen LogP contribution is 2.45. The summed E-state index contributed by atoms with van der Waals surface area (Å²) in [6.07, 6.45) is 11.3. The number of benzene rings is 1. The third-order valence-electron chi connectivity index (χ3n) is 8.06. The van der Waals surface area contributed by atoms with Gasteiger partial charge in [-0.3, -0.25) is 9.58 Å². The molecule has 6 rings (SSSR count). The van der Waals surface area contributed by atoms with Crippen LogP contribution in [0.2, 0.25) is 0 Å². The van der Waals surface area contributed by atoms with Crippen molar-refractivity contribution < 1.29 is 9.13 Å². The molecule has 1 aliphatic carbocycles. The van der Waals surface area contributed by atoms with Crippen LogP contribution in [0.15, 0.2) is 49.2 Å². The van der Waals surface area contributed by atoms with Crippen LogP contribution in [0.5, 0.6) is 5.75 Å². The number of hydrogen-bond donors (Lipinski definition) is 1. The van der Waals surface area contributed by atoms with E-state index in [9.17, 15) is 9.65 Å². The average Bonchev–Trinajstić information content (AvgIpc) is 3.56. The second kappa shape index (κ2) is 10.4. The van der Waals surface area contributed by atoms with Gasteiger partial charge >= 0.3 is 0 Å². The third-order valence-corrected chi connectivity index (χ3v) is 8.06. The summed E-state index contributed by atoms with van der Waals surface area (Å²) in [6.45, 7) is 2.52. The van der Waals surface area contributed by atoms with Gasteiger partial charge in [-0.05, 0) is 63.5 Å². The lowest BCUT2D eigenvalue weighted by atomic mass is 9.69. The number of fused-ring (bicyclic) bond motifs is 1. The Morgan fingerprint density at radius 2 is 2.03 bits per heavy atom. The van der Waals surface area contributed by atoms with E-state index < -0.39 is 0 Å². The third kappa shape index (κ3) is 5.12. The Morgan fingerprint density at radius 1 is 1.21 bits per heavy atom. The highest BCUT2D eigenvalue weighted by atomic mass is 19.1. The number of piperidine rings is 1. The number of nitriles is 1. The lowest BCUT2D eigenvalue weighted by molar-refractivity contribution is -0.0207. The van der Waals surface area contributed by atoms with Crippen LogP contribution < -0.4 is 4.74 Å². The molecule has 0 spiro atoms. The molecular formula is C29H33FN8O. The lowest BCUT2D eigenvalue weighted by Crippen LogP contribution is -2.58. The molecule has 0 bridgehead atoms. The number of aromatic nitrogens is 5. The van der Waals surface area contributed by atoms with Gasteiger partial charge in [0.05, 0.1) is 29.9 Å². The van der Waals surface area contributed by atoms with Crippen molar-refractivity contribution >= 4 is 11.0 Å². The minimum absolute atomic E-state index is 0.0750. The van der Waals surface area contributed by atoms with Crippen LogP contribution in [0, 0.1) is 17.1 Å². The molecule has 1 saturated carbocycles. The minimum atomic E-state index is -0.306. The van der Waals surface area contributed by atoms with E-state index >= 15 is 0 Å². The van der Waals surface area contributed by atoms with Crippen LogP contribution >= 0.6 is 0 Å². The Hall–Kier alpha value is -3.81. The van der Waals surface area contributed by atoms with Crippen molar-refractivity contribution in [2.24, 2.45) is 0 Å². The van der Waals surface area contributed by atoms with Gasteiger partial charge in [0.2, 0.25) is 0 Å². The van der Waals surface area contributed by atoms with Crippen molar-refractivity contribution in [1.29, 1.82) is 5.26 Å². The monoisotopic (exact) mass is 528 g/mol. The topological polar surface area (TPSA) is 98.9 Å². The van der Waals surface area contributed by atoms with Gasteiger partial charge in [-0.15, -0.1) is 0 Å². The molecule has 2 aliphatic rings. The molecule has 0 atom stereocenters. The SMILES string of the molecule is CN(C)Cc1cc(F)cc(OC2CCN([C@H]3C[C@](CC#N)(n4cc(-c5ncnc6[nH]ccc56)cn4)C3)CC2)c1. The number of rotatable bonds is 8. The zero-order chi connectivity index (χ0) is 27.0. The number of halogens is 1. The molecular weight excluding hydrogens is 495 g/mol. The maximum atomic E-state index is 14.1. The largest absolute Gasteiger partial charge is 0.490 e. The fourth-order valence-corrected chi connectivity index (χ4v) is 6.14. The summed E-state index contributed by atoms with van der Waals surface area (Å²) < 4.78 is 22.3. The second-order valence-electron chi connectivity index (χ2n) is 11.1. The van der Waals surface area contributed by atoms with Gasteiger partial charge in [0.25, 0.3) is 0 Å². The Labute approximate surface area is 227 Å². The van der Waals surface area contributed by atoms with E-state index in [2.05, 4.69) is 31.0 Å². The number of nitrogens with one attached hydrogen (secondary N) is 1. The van der Waals surface area contributed by atoms with Gasteiger partial charge in [0.15, 0.2) is 0 Å². The van der Waals surface area contributed by atoms with Crippen LogP contribution in [0.25, 0.3) is 22.3 Å². The summed E-state index contributed by atoms with van der Waals surface area (Å²) in [5.74, 6) is 0.348. The highest BCUT2D eigenvalue weighted by molar-refractivity contribution is 5.90. The van der Waals surface area contributed by atoms with Gasteiger partial charge in [-0.2, -0.15) is 10.4 Å². The normalized spacial score (nSPS) is 22.2. The van der Waals surface area contributed by atoms with Crippen LogP contribution in [0.4, 0.5) is 4.39 Å². The molecule has 2 fully saturated rings. The van der Waals surface area contributed by atoms with E-state index in [0.29, 0.717) is 24.8 Å². The number of ether oxygens (including phenoxy) is 1. The van der Waals surface area contributed by atoms with Crippen molar-refractivity contribution in [2.75, 3.05) is 27.2 Å². The number of H-pyrrole nitrogens is 1. The van der Waals surface area contributed by atoms with E-state index in [4.69, 9.17) is 4.74 Å². The summed E-state index contributed by atoms with van der Waals surface area (Å²) in [4.78, 5) is 16.4. The van der Waals surface area contributed by atoms with Gasteiger partial charge in [0.1, 0.15) is 29.6 Å². The summed E-state index contributed by atoms with van der Waals surface area (Å²) in [6, 6.07) is 9.76. The first-order chi connectivity index (χ1) is 18.9. The number of nitrogens with zero attached hydrogens (tertiary/aromatic N) is 7. The average molecular weight is 529 g/mol. The number of likely N-dealkylation sites (tertiary alicyclic amines) is 1. The number of aromatic amines is 1. The molecule has 10 heteroatoms. The van der Waals surface area contributed by atoms with Gasteiger partial charge in [0, 0.05) is 55.1 Å². The molecule has 1 N–H and O–H groups in total. The van der Waals surface area contributed by atoms with Crippen LogP contribution in [0.1, 0.15) is 37.7 Å². The Bertz CT molecular complexity index is 1490. The molecule has 1 aromatic carbocycles. The standard InChI is InChI=1S/C29H33FN8O/c1-36(2)17-20-11-22(30)13-25(12-20)39-24-4-9-37(10-5-24)23-14-29(15-23,6-7-31)38-18-21(16-35-38)27-26-3-8-32-28(26)34-19-33-27/h3,8,11-13,16,18-19,23-24H,4-6,9-10,14-15,17H2,1-2H3,(H,32,33,34)/t23-,29-. The Balaban J connectivity index is 1.08. The van der Waals surface area contributed by atoms with E-state index in [1.54, 1.807) is 12.4 Å². The molecule has 4 heterocycles. The Kier molecular flexibility index (Phi) is 6.79. The molecule has 0 amide bonds. The van der Waals surface area contributed by atoms with E-state index in [0.717, 1.165) is 66.6 Å². The first-order valence-electron chi connectivity index (χ1n) is 13.5. The van der Waals surface area contributed by atoms with Gasteiger partial charge in [-0.1, -0.05) is 0 Å². The lowest BCUT2D eigenvalue weighted by Gasteiger charge is -2.52. The second-order valence-corrected chi connectivity index (χ2v) is 11.1. The summed E-state index contributed by atoms with van der Waals surface area (Å²) in [5.41, 5.74) is 3.16. The predicted molar refractivity (Wildman–Crippen MR) is 145 cm³/mol. The molecule has 4 aromatic rings. The molecule has 0 radical (unpaired) electrons. The molecule has 9 nitrogen and oxygen atoms in total. The molecule has 0 unspecified atom stereocenters. The van der Waals surface area contributed by atoms with E-state index in [1.165, 1.54) is 6.07 Å². The van der Waals surface area contributed by atoms with Crippen molar-refractivity contribution in [3.8, 4) is 23.1 Å². The predicted octanol–water partition coefficient (Wildman–Crippen LogP) is 4.34. The minimum Gasteiger partial charge on any atom is -0.490 e. The van der Waals surface area contributed by atoms with Crippen LogP contribution in [-0.2, 0) is 12.1 Å². The van der Waals surface area contributed by atoms with Gasteiger partial charge in [-0.25, -0.2) is 14.4 Å². The maximum absolute atomic E-state index is 14.1. The summed E-state index contributed by atoms with van der Waals surface area (Å²) in [5, 5.41) is 15.3. The van der Waals surface area contributed by atoms with E-state index in [-0.39, 0.29) is 17.5 Å². The highest BCUT2D eigenvalue weighted by Gasteiger charge is 2.49. The zero-order valence-corrected chi connectivity index (χ0v) is 22.3. The van der Waals surface area contributed by atoms with Crippen molar-refractivity contribution in [3.63, 3.8) is 0 Å². The smallest absolute Gasteiger partial charge is 0.141 e. The van der Waals surface area contributed by atoms with Crippen molar-refractivity contribution in [3.05, 3.63) is 60.6 Å². The molecule has 202 valence electrons. The van der Waals surface area contributed by atoms with Gasteiger partial charge < -0.3 is 14.6 Å². The zero-order valence-electron chi connectivity index (χ0n) is 22.3. The first kappa shape index (κ1) is 25.5. The summed E-state index contributed by atoms with van der Waals surface area (Å²) >= 11 is 0. The van der Waals surface area contributed by atoms with Crippen LogP contribution in [-0.4, -0.2) is 73.9 Å². The molecule has 1 saturated heterocycles. The van der Waals surface area contributed by atoms with Crippen molar-refractivity contribution in [1.82, 2.24) is 34.5 Å². The summed E-state index contributed by atoms with van der Waals surface area (Å²) in [7, 11) is 3.94. The first-order valence-corrected chi connectivity index (χ1v) is 13.5. The van der Waals surface area contributed by atoms with E-state index in [1.807, 2.05) is 54.4 Å². The van der Waals surface area contributed by atoms with Crippen molar-refractivity contribution in [2.45, 2.75) is 56.3 Å².